The van der Waals surface area contributed by atoms with E-state index in [-0.39, 0.29) is 55.4 Å². The zero-order valence-electron chi connectivity index (χ0n) is 25.4. The van der Waals surface area contributed by atoms with Crippen LogP contribution in [0.1, 0.15) is 47.6 Å². The van der Waals surface area contributed by atoms with Crippen LogP contribution in [0.3, 0.4) is 0 Å². The molecule has 1 fully saturated rings. The SMILES string of the molecule is CCOC(=O)C1CCCN(C2C=C(c3ccccc3C)N(O)C(Cc3cc(C(F)(F)F)cc(C(F)(F)F)c3)C3CNCN=C3O2)C1. The fourth-order valence-electron chi connectivity index (χ4n) is 6.25. The van der Waals surface area contributed by atoms with Crippen molar-refractivity contribution in [3.05, 3.63) is 76.4 Å². The number of aryl methyl sites for hydroxylation is 1. The number of carbonyl (C=O) groups is 1. The number of piperidine rings is 1. The first-order valence-electron chi connectivity index (χ1n) is 15.1. The van der Waals surface area contributed by atoms with Gasteiger partial charge in [0, 0.05) is 25.2 Å². The van der Waals surface area contributed by atoms with Crippen molar-refractivity contribution in [3.8, 4) is 0 Å². The maximum atomic E-state index is 13.7. The lowest BCUT2D eigenvalue weighted by molar-refractivity contribution is -0.151. The molecular weight excluding hydrogens is 618 g/mol. The highest BCUT2D eigenvalue weighted by Gasteiger charge is 2.42. The zero-order valence-corrected chi connectivity index (χ0v) is 25.4. The second-order valence-electron chi connectivity index (χ2n) is 11.7. The van der Waals surface area contributed by atoms with Crippen molar-refractivity contribution in [2.45, 2.75) is 57.7 Å². The Labute approximate surface area is 262 Å². The minimum absolute atomic E-state index is 0.0853. The second kappa shape index (κ2) is 13.6. The first-order chi connectivity index (χ1) is 21.8. The van der Waals surface area contributed by atoms with E-state index in [2.05, 4.69) is 10.3 Å². The van der Waals surface area contributed by atoms with Crippen LogP contribution in [0.5, 0.6) is 0 Å². The van der Waals surface area contributed by atoms with Crippen molar-refractivity contribution in [1.82, 2.24) is 15.3 Å². The Bertz CT molecular complexity index is 1440. The van der Waals surface area contributed by atoms with Crippen LogP contribution < -0.4 is 5.32 Å². The minimum Gasteiger partial charge on any atom is -0.466 e. The van der Waals surface area contributed by atoms with Crippen molar-refractivity contribution in [1.29, 1.82) is 0 Å². The van der Waals surface area contributed by atoms with Crippen molar-refractivity contribution in [2.24, 2.45) is 16.8 Å². The third kappa shape index (κ3) is 7.50. The van der Waals surface area contributed by atoms with E-state index in [1.54, 1.807) is 31.2 Å². The number of alkyl halides is 6. The number of esters is 1. The summed E-state index contributed by atoms with van der Waals surface area (Å²) in [6.45, 7) is 5.03. The molecule has 4 atom stereocenters. The average Bonchev–Trinajstić information content (AvgIpc) is 3.01. The lowest BCUT2D eigenvalue weighted by Gasteiger charge is -2.43. The number of hydrogen-bond acceptors (Lipinski definition) is 8. The molecule has 8 nitrogen and oxygen atoms in total. The fraction of sp³-hybridized carbons (Fsp3) is 0.500. The van der Waals surface area contributed by atoms with Crippen LogP contribution in [-0.4, -0.2) is 72.2 Å². The maximum Gasteiger partial charge on any atom is 0.416 e. The summed E-state index contributed by atoms with van der Waals surface area (Å²) in [6.07, 6.45) is -8.25. The molecule has 2 aromatic rings. The van der Waals surface area contributed by atoms with Crippen LogP contribution in [0, 0.1) is 18.8 Å². The first kappa shape index (κ1) is 33.7. The van der Waals surface area contributed by atoms with Gasteiger partial charge < -0.3 is 9.47 Å². The molecule has 0 radical (unpaired) electrons. The van der Waals surface area contributed by atoms with Crippen molar-refractivity contribution >= 4 is 17.6 Å². The predicted molar refractivity (Wildman–Crippen MR) is 156 cm³/mol. The number of nitrogens with zero attached hydrogens (tertiary/aromatic N) is 3. The molecule has 0 amide bonds. The van der Waals surface area contributed by atoms with Gasteiger partial charge >= 0.3 is 18.3 Å². The Hall–Kier alpha value is -3.62. The van der Waals surface area contributed by atoms with E-state index in [0.29, 0.717) is 43.6 Å². The van der Waals surface area contributed by atoms with E-state index in [1.807, 2.05) is 17.9 Å². The third-order valence-electron chi connectivity index (χ3n) is 8.54. The number of hydrogen-bond donors (Lipinski definition) is 2. The zero-order chi connectivity index (χ0) is 33.2. The molecule has 1 saturated heterocycles. The highest BCUT2D eigenvalue weighted by molar-refractivity contribution is 5.82. The quantitative estimate of drug-likeness (QED) is 0.297. The van der Waals surface area contributed by atoms with Crippen LogP contribution in [0.2, 0.25) is 0 Å². The molecule has 250 valence electrons. The standard InChI is InChI=1S/C32H36F6N4O4/c1-3-45-30(43)21-8-6-10-41(17-21)28-15-27(24-9-5-4-7-19(24)2)42(44)26(25-16-39-18-40-29(25)46-28)13-20-11-22(31(33,34)35)14-23(12-20)32(36,37)38/h4-5,7,9,11-12,14-15,21,25-26,28,39,44H,3,6,8,10,13,16-18H2,1-2H3. The van der Waals surface area contributed by atoms with Crippen LogP contribution in [-0.2, 0) is 33.0 Å². The van der Waals surface area contributed by atoms with Gasteiger partial charge in [0.1, 0.15) is 0 Å². The minimum atomic E-state index is -5.02. The maximum absolute atomic E-state index is 13.7. The Morgan fingerprint density at radius 1 is 1.11 bits per heavy atom. The Morgan fingerprint density at radius 3 is 2.46 bits per heavy atom. The topological polar surface area (TPSA) is 86.6 Å². The van der Waals surface area contributed by atoms with Crippen LogP contribution in [0.15, 0.2) is 53.5 Å². The van der Waals surface area contributed by atoms with Gasteiger partial charge in [0.15, 0.2) is 12.1 Å². The van der Waals surface area contributed by atoms with E-state index in [0.717, 1.165) is 10.6 Å². The summed E-state index contributed by atoms with van der Waals surface area (Å²) < 4.78 is 94.1. The number of carbonyl (C=O) groups excluding carboxylic acids is 1. The summed E-state index contributed by atoms with van der Waals surface area (Å²) in [5, 5.41) is 16.0. The highest BCUT2D eigenvalue weighted by Crippen LogP contribution is 2.38. The largest absolute Gasteiger partial charge is 0.466 e. The van der Waals surface area contributed by atoms with Gasteiger partial charge in [0.25, 0.3) is 0 Å². The molecule has 4 unspecified atom stereocenters. The Balaban J connectivity index is 1.60. The molecule has 0 bridgehead atoms. The monoisotopic (exact) mass is 654 g/mol. The molecule has 46 heavy (non-hydrogen) atoms. The molecule has 3 aliphatic heterocycles. The van der Waals surface area contributed by atoms with Gasteiger partial charge in [-0.15, -0.1) is 0 Å². The van der Waals surface area contributed by atoms with E-state index in [4.69, 9.17) is 9.47 Å². The summed E-state index contributed by atoms with van der Waals surface area (Å²) in [7, 11) is 0. The number of nitrogens with one attached hydrogen (secondary N) is 1. The smallest absolute Gasteiger partial charge is 0.416 e. The third-order valence-corrected chi connectivity index (χ3v) is 8.54. The summed E-state index contributed by atoms with van der Waals surface area (Å²) >= 11 is 0. The number of aliphatic imine (C=N–C) groups is 1. The molecule has 2 N–H and O–H groups in total. The second-order valence-corrected chi connectivity index (χ2v) is 11.7. The van der Waals surface area contributed by atoms with Gasteiger partial charge in [-0.2, -0.15) is 26.3 Å². The number of rotatable bonds is 6. The fourth-order valence-corrected chi connectivity index (χ4v) is 6.25. The molecule has 0 saturated carbocycles. The van der Waals surface area contributed by atoms with Gasteiger partial charge in [0.2, 0.25) is 0 Å². The Kier molecular flexibility index (Phi) is 9.99. The molecule has 2 aromatic carbocycles. The highest BCUT2D eigenvalue weighted by atomic mass is 19.4. The van der Waals surface area contributed by atoms with Gasteiger partial charge in [0.05, 0.1) is 48.0 Å². The van der Waals surface area contributed by atoms with E-state index in [9.17, 15) is 36.3 Å². The van der Waals surface area contributed by atoms with E-state index in [1.165, 1.54) is 0 Å². The van der Waals surface area contributed by atoms with E-state index < -0.39 is 47.6 Å². The number of halogens is 6. The van der Waals surface area contributed by atoms with Gasteiger partial charge in [-0.3, -0.25) is 25.3 Å². The number of fused-ring (bicyclic) bond motifs is 1. The summed E-state index contributed by atoms with van der Waals surface area (Å²) in [6, 6.07) is 7.52. The molecule has 14 heteroatoms. The molecule has 3 aliphatic rings. The van der Waals surface area contributed by atoms with Gasteiger partial charge in [-0.1, -0.05) is 24.3 Å². The summed E-state index contributed by atoms with van der Waals surface area (Å²) in [4.78, 5) is 19.0. The lowest BCUT2D eigenvalue weighted by Crippen LogP contribution is -2.54. The van der Waals surface area contributed by atoms with Crippen LogP contribution in [0.4, 0.5) is 26.3 Å². The molecule has 0 aromatic heterocycles. The van der Waals surface area contributed by atoms with Gasteiger partial charge in [-0.25, -0.2) is 4.99 Å². The lowest BCUT2D eigenvalue weighted by atomic mass is 9.88. The van der Waals surface area contributed by atoms with E-state index >= 15 is 0 Å². The normalized spacial score (nSPS) is 24.6. The number of hydroxylamine groups is 2. The average molecular weight is 655 g/mol. The molecular formula is C32H36F6N4O4. The molecule has 3 heterocycles. The molecule has 5 rings (SSSR count). The molecule has 0 spiro atoms. The van der Waals surface area contributed by atoms with Crippen LogP contribution >= 0.6 is 0 Å². The number of benzene rings is 2. The number of likely N-dealkylation sites (tertiary alicyclic amines) is 1. The van der Waals surface area contributed by atoms with Crippen LogP contribution in [0.25, 0.3) is 5.70 Å². The predicted octanol–water partition coefficient (Wildman–Crippen LogP) is 5.88. The summed E-state index contributed by atoms with van der Waals surface area (Å²) in [5.41, 5.74) is -1.51. The number of ether oxygens (including phenoxy) is 2. The Morgan fingerprint density at radius 2 is 1.80 bits per heavy atom. The van der Waals surface area contributed by atoms with Crippen molar-refractivity contribution in [3.63, 3.8) is 0 Å². The van der Waals surface area contributed by atoms with Crippen molar-refractivity contribution in [2.75, 3.05) is 32.9 Å². The van der Waals surface area contributed by atoms with Gasteiger partial charge in [-0.05, 0) is 68.5 Å². The first-order valence-corrected chi connectivity index (χ1v) is 15.1. The summed E-state index contributed by atoms with van der Waals surface area (Å²) in [5.74, 6) is -1.27. The molecule has 0 aliphatic carbocycles. The van der Waals surface area contributed by atoms with Crippen molar-refractivity contribution < 1.29 is 45.8 Å².